The summed E-state index contributed by atoms with van der Waals surface area (Å²) in [6.07, 6.45) is 3.94. The summed E-state index contributed by atoms with van der Waals surface area (Å²) in [5.41, 5.74) is 2.13. The average molecular weight is 315 g/mol. The third kappa shape index (κ3) is 2.99. The molecular formula is C12H11FIN. The van der Waals surface area contributed by atoms with Gasteiger partial charge in [-0.2, -0.15) is 0 Å². The highest BCUT2D eigenvalue weighted by molar-refractivity contribution is 5.61. The fraction of sp³-hybridized carbons (Fsp3) is 0.0833. The molecule has 1 aromatic heterocycles. The zero-order valence-corrected chi connectivity index (χ0v) is 10.5. The summed E-state index contributed by atoms with van der Waals surface area (Å²) in [5.74, 6) is -0.199. The van der Waals surface area contributed by atoms with Crippen molar-refractivity contribution in [2.45, 2.75) is 0 Å². The van der Waals surface area contributed by atoms with Crippen LogP contribution in [-0.4, -0.2) is 0 Å². The molecule has 0 spiro atoms. The van der Waals surface area contributed by atoms with Crippen LogP contribution in [-0.2, 0) is 7.05 Å². The molecule has 0 N–H and O–H groups in total. The number of rotatable bonds is 1. The van der Waals surface area contributed by atoms with E-state index in [-0.39, 0.29) is 29.8 Å². The Morgan fingerprint density at radius 1 is 0.867 bits per heavy atom. The molecule has 2 rings (SSSR count). The number of hydrogen-bond acceptors (Lipinski definition) is 0. The van der Waals surface area contributed by atoms with Gasteiger partial charge < -0.3 is 24.0 Å². The molecule has 2 aromatic rings. The average Bonchev–Trinajstić information content (AvgIpc) is 2.21. The van der Waals surface area contributed by atoms with Gasteiger partial charge in [0, 0.05) is 12.1 Å². The number of halogens is 2. The second kappa shape index (κ2) is 5.21. The topological polar surface area (TPSA) is 3.88 Å². The van der Waals surface area contributed by atoms with Crippen molar-refractivity contribution in [3.63, 3.8) is 0 Å². The largest absolute Gasteiger partial charge is 1.00 e. The van der Waals surface area contributed by atoms with Crippen LogP contribution in [0, 0.1) is 5.82 Å². The van der Waals surface area contributed by atoms with Crippen molar-refractivity contribution < 1.29 is 32.9 Å². The summed E-state index contributed by atoms with van der Waals surface area (Å²) in [6.45, 7) is 0. The fourth-order valence-electron chi connectivity index (χ4n) is 1.34. The molecule has 0 atom stereocenters. The van der Waals surface area contributed by atoms with Crippen molar-refractivity contribution in [2.24, 2.45) is 7.05 Å². The molecule has 0 aliphatic carbocycles. The minimum absolute atomic E-state index is 0. The molecular weight excluding hydrogens is 304 g/mol. The van der Waals surface area contributed by atoms with Gasteiger partial charge in [-0.25, -0.2) is 8.96 Å². The first-order chi connectivity index (χ1) is 6.75. The molecule has 1 aromatic carbocycles. The third-order valence-corrected chi connectivity index (χ3v) is 2.16. The van der Waals surface area contributed by atoms with Gasteiger partial charge in [0.25, 0.3) is 0 Å². The molecule has 3 heteroatoms. The summed E-state index contributed by atoms with van der Waals surface area (Å²) in [4.78, 5) is 0. The Morgan fingerprint density at radius 3 is 1.87 bits per heavy atom. The lowest BCUT2D eigenvalue weighted by molar-refractivity contribution is -0.671. The molecule has 0 aliphatic rings. The van der Waals surface area contributed by atoms with E-state index in [0.29, 0.717) is 0 Å². The van der Waals surface area contributed by atoms with Crippen molar-refractivity contribution in [2.75, 3.05) is 0 Å². The van der Waals surface area contributed by atoms with Gasteiger partial charge in [0.1, 0.15) is 12.9 Å². The van der Waals surface area contributed by atoms with E-state index in [1.165, 1.54) is 12.1 Å². The molecule has 0 unspecified atom stereocenters. The van der Waals surface area contributed by atoms with Crippen LogP contribution in [0.5, 0.6) is 0 Å². The Bertz CT molecular complexity index is 379. The van der Waals surface area contributed by atoms with Gasteiger partial charge in [-0.3, -0.25) is 0 Å². The van der Waals surface area contributed by atoms with Crippen LogP contribution in [0.25, 0.3) is 11.1 Å². The maximum Gasteiger partial charge on any atom is 0.169 e. The van der Waals surface area contributed by atoms with Crippen molar-refractivity contribution in [1.82, 2.24) is 0 Å². The van der Waals surface area contributed by atoms with Gasteiger partial charge in [-0.15, -0.1) is 0 Å². The summed E-state index contributed by atoms with van der Waals surface area (Å²) in [6, 6.07) is 10.5. The molecule has 78 valence electrons. The molecule has 0 radical (unpaired) electrons. The minimum Gasteiger partial charge on any atom is -1.00 e. The van der Waals surface area contributed by atoms with Gasteiger partial charge in [0.05, 0.1) is 0 Å². The summed E-state index contributed by atoms with van der Waals surface area (Å²) < 4.78 is 14.6. The van der Waals surface area contributed by atoms with Crippen molar-refractivity contribution in [3.05, 3.63) is 54.6 Å². The fourth-order valence-corrected chi connectivity index (χ4v) is 1.34. The van der Waals surface area contributed by atoms with Crippen molar-refractivity contribution >= 4 is 0 Å². The Morgan fingerprint density at radius 2 is 1.33 bits per heavy atom. The van der Waals surface area contributed by atoms with E-state index in [2.05, 4.69) is 0 Å². The van der Waals surface area contributed by atoms with Crippen molar-refractivity contribution in [1.29, 1.82) is 0 Å². The van der Waals surface area contributed by atoms with Gasteiger partial charge in [0.2, 0.25) is 0 Å². The maximum atomic E-state index is 12.7. The van der Waals surface area contributed by atoms with E-state index >= 15 is 0 Å². The quantitative estimate of drug-likeness (QED) is 0.485. The first kappa shape index (κ1) is 12.1. The predicted molar refractivity (Wildman–Crippen MR) is 53.0 cm³/mol. The number of hydrogen-bond donors (Lipinski definition) is 0. The summed E-state index contributed by atoms with van der Waals surface area (Å²) in [5, 5.41) is 0. The molecule has 15 heavy (non-hydrogen) atoms. The second-order valence-electron chi connectivity index (χ2n) is 3.26. The number of nitrogens with zero attached hydrogens (tertiary/aromatic N) is 1. The first-order valence-corrected chi connectivity index (χ1v) is 4.47. The molecule has 0 saturated carbocycles. The number of aryl methyl sites for hydroxylation is 1. The number of benzene rings is 1. The van der Waals surface area contributed by atoms with E-state index in [1.54, 1.807) is 12.1 Å². The monoisotopic (exact) mass is 315 g/mol. The van der Waals surface area contributed by atoms with Gasteiger partial charge in [0.15, 0.2) is 12.4 Å². The molecule has 1 nitrogen and oxygen atoms in total. The highest BCUT2D eigenvalue weighted by Crippen LogP contribution is 2.17. The highest BCUT2D eigenvalue weighted by Gasteiger charge is 1.99. The maximum absolute atomic E-state index is 12.7. The van der Waals surface area contributed by atoms with Crippen LogP contribution in [0.1, 0.15) is 0 Å². The molecule has 0 aliphatic heterocycles. The summed E-state index contributed by atoms with van der Waals surface area (Å²) in [7, 11) is 1.97. The molecule has 1 heterocycles. The second-order valence-corrected chi connectivity index (χ2v) is 3.26. The molecule has 0 amide bonds. The van der Waals surface area contributed by atoms with Crippen molar-refractivity contribution in [3.8, 4) is 11.1 Å². The highest BCUT2D eigenvalue weighted by atomic mass is 127. The SMILES string of the molecule is C[n+]1ccc(-c2ccc(F)cc2)cc1.[I-]. The lowest BCUT2D eigenvalue weighted by Gasteiger charge is -1.99. The van der Waals surface area contributed by atoms with Crippen LogP contribution >= 0.6 is 0 Å². The molecule has 0 saturated heterocycles. The first-order valence-electron chi connectivity index (χ1n) is 4.47. The Kier molecular flexibility index (Phi) is 4.20. The van der Waals surface area contributed by atoms with Crippen LogP contribution < -0.4 is 28.5 Å². The lowest BCUT2D eigenvalue weighted by Crippen LogP contribution is -3.00. The van der Waals surface area contributed by atoms with E-state index < -0.39 is 0 Å². The Hall–Kier alpha value is -0.970. The van der Waals surface area contributed by atoms with E-state index in [0.717, 1.165) is 11.1 Å². The van der Waals surface area contributed by atoms with Crippen LogP contribution in [0.15, 0.2) is 48.8 Å². The zero-order chi connectivity index (χ0) is 9.97. The van der Waals surface area contributed by atoms with E-state index in [9.17, 15) is 4.39 Å². The smallest absolute Gasteiger partial charge is 0.169 e. The van der Waals surface area contributed by atoms with E-state index in [4.69, 9.17) is 0 Å². The van der Waals surface area contributed by atoms with Gasteiger partial charge >= 0.3 is 0 Å². The molecule has 0 fully saturated rings. The minimum atomic E-state index is -0.199. The summed E-state index contributed by atoms with van der Waals surface area (Å²) >= 11 is 0. The Labute approximate surface area is 106 Å². The van der Waals surface area contributed by atoms with Crippen LogP contribution in [0.2, 0.25) is 0 Å². The predicted octanol–water partition coefficient (Wildman–Crippen LogP) is -0.679. The van der Waals surface area contributed by atoms with Crippen LogP contribution in [0.4, 0.5) is 4.39 Å². The number of aromatic nitrogens is 1. The van der Waals surface area contributed by atoms with Gasteiger partial charge in [-0.05, 0) is 23.3 Å². The molecule has 0 bridgehead atoms. The zero-order valence-electron chi connectivity index (χ0n) is 8.32. The van der Waals surface area contributed by atoms with Gasteiger partial charge in [-0.1, -0.05) is 12.1 Å². The Balaban J connectivity index is 0.00000112. The third-order valence-electron chi connectivity index (χ3n) is 2.16. The standard InChI is InChI=1S/C12H11FN.HI/c1-14-8-6-11(7-9-14)10-2-4-12(13)5-3-10;/h2-9H,1H3;1H/q+1;/p-1. The van der Waals surface area contributed by atoms with Crippen LogP contribution in [0.3, 0.4) is 0 Å². The normalized spacial score (nSPS) is 9.47. The lowest BCUT2D eigenvalue weighted by atomic mass is 10.1. The number of pyridine rings is 1. The van der Waals surface area contributed by atoms with E-state index in [1.807, 2.05) is 36.1 Å².